The fourth-order valence-electron chi connectivity index (χ4n) is 1.39. The van der Waals surface area contributed by atoms with Gasteiger partial charge in [-0.2, -0.15) is 0 Å². The molecule has 0 aliphatic heterocycles. The van der Waals surface area contributed by atoms with Crippen LogP contribution in [-0.4, -0.2) is 34.4 Å². The molecule has 0 spiro atoms. The van der Waals surface area contributed by atoms with Crippen LogP contribution in [0.3, 0.4) is 0 Å². The molecule has 0 saturated heterocycles. The van der Waals surface area contributed by atoms with Gasteiger partial charge in [0.05, 0.1) is 18.6 Å². The van der Waals surface area contributed by atoms with E-state index in [-0.39, 0.29) is 12.6 Å². The van der Waals surface area contributed by atoms with Crippen molar-refractivity contribution in [1.29, 1.82) is 0 Å². The topological polar surface area (TPSA) is 50.1 Å². The van der Waals surface area contributed by atoms with Gasteiger partial charge in [-0.25, -0.2) is 4.98 Å². The van der Waals surface area contributed by atoms with E-state index in [9.17, 15) is 0 Å². The first-order valence-corrected chi connectivity index (χ1v) is 4.95. The lowest BCUT2D eigenvalue weighted by Crippen LogP contribution is -2.30. The highest BCUT2D eigenvalue weighted by atomic mass is 16.3. The van der Waals surface area contributed by atoms with Crippen LogP contribution in [0.1, 0.15) is 17.8 Å². The Bertz CT molecular complexity index is 279. The summed E-state index contributed by atoms with van der Waals surface area (Å²) in [6.45, 7) is 5.16. The van der Waals surface area contributed by atoms with Crippen molar-refractivity contribution in [2.45, 2.75) is 32.9 Å². The third-order valence-electron chi connectivity index (χ3n) is 2.69. The Morgan fingerprint density at radius 1 is 1.57 bits per heavy atom. The van der Waals surface area contributed by atoms with E-state index in [0.717, 1.165) is 18.7 Å². The quantitative estimate of drug-likeness (QED) is 0.721. The highest BCUT2D eigenvalue weighted by Crippen LogP contribution is 2.05. The molecule has 80 valence electrons. The number of aliphatic hydroxyl groups is 1. The highest BCUT2D eigenvalue weighted by molar-refractivity contribution is 5.08. The second-order valence-corrected chi connectivity index (χ2v) is 3.57. The van der Waals surface area contributed by atoms with Crippen LogP contribution in [0, 0.1) is 13.8 Å². The van der Waals surface area contributed by atoms with Crippen LogP contribution in [-0.2, 0) is 6.54 Å². The van der Waals surface area contributed by atoms with E-state index in [4.69, 9.17) is 5.11 Å². The van der Waals surface area contributed by atoms with Crippen LogP contribution in [0.25, 0.3) is 0 Å². The van der Waals surface area contributed by atoms with Crippen LogP contribution in [0.15, 0.2) is 6.33 Å². The number of nitrogens with zero attached hydrogens (tertiary/aromatic N) is 2. The lowest BCUT2D eigenvalue weighted by Gasteiger charge is -2.13. The third kappa shape index (κ3) is 2.56. The molecule has 0 amide bonds. The molecule has 2 N–H and O–H groups in total. The Morgan fingerprint density at radius 3 is 2.71 bits per heavy atom. The zero-order valence-corrected chi connectivity index (χ0v) is 9.12. The first-order chi connectivity index (χ1) is 6.69. The van der Waals surface area contributed by atoms with Crippen molar-refractivity contribution in [2.24, 2.45) is 0 Å². The van der Waals surface area contributed by atoms with Crippen LogP contribution in [0.4, 0.5) is 0 Å². The van der Waals surface area contributed by atoms with E-state index in [2.05, 4.69) is 21.8 Å². The minimum absolute atomic E-state index is 0.178. The lowest BCUT2D eigenvalue weighted by atomic mass is 10.2. The Kier molecular flexibility index (Phi) is 4.10. The minimum atomic E-state index is 0.178. The number of rotatable bonds is 5. The van der Waals surface area contributed by atoms with Gasteiger partial charge in [0.1, 0.15) is 0 Å². The van der Waals surface area contributed by atoms with Crippen molar-refractivity contribution < 1.29 is 5.11 Å². The van der Waals surface area contributed by atoms with Crippen molar-refractivity contribution in [3.8, 4) is 0 Å². The summed E-state index contributed by atoms with van der Waals surface area (Å²) >= 11 is 0. The average Bonchev–Trinajstić information content (AvgIpc) is 2.51. The van der Waals surface area contributed by atoms with Crippen LogP contribution in [0.5, 0.6) is 0 Å². The molecule has 1 aromatic heterocycles. The van der Waals surface area contributed by atoms with E-state index in [1.165, 1.54) is 5.69 Å². The molecule has 1 aromatic rings. The fraction of sp³-hybridized carbons (Fsp3) is 0.700. The van der Waals surface area contributed by atoms with Gasteiger partial charge >= 0.3 is 0 Å². The van der Waals surface area contributed by atoms with Gasteiger partial charge in [0, 0.05) is 18.3 Å². The smallest absolute Gasteiger partial charge is 0.0951 e. The molecule has 0 bridgehead atoms. The number of hydrogen-bond donors (Lipinski definition) is 2. The predicted molar refractivity (Wildman–Crippen MR) is 56.3 cm³/mol. The summed E-state index contributed by atoms with van der Waals surface area (Å²) in [7, 11) is 1.87. The highest BCUT2D eigenvalue weighted by Gasteiger charge is 2.06. The largest absolute Gasteiger partial charge is 0.395 e. The molecule has 0 aliphatic rings. The van der Waals surface area contributed by atoms with Gasteiger partial charge < -0.3 is 15.0 Å². The Labute approximate surface area is 85.0 Å². The van der Waals surface area contributed by atoms with Gasteiger partial charge in [0.15, 0.2) is 0 Å². The van der Waals surface area contributed by atoms with Gasteiger partial charge in [-0.15, -0.1) is 0 Å². The van der Waals surface area contributed by atoms with Crippen molar-refractivity contribution in [3.05, 3.63) is 17.7 Å². The van der Waals surface area contributed by atoms with Gasteiger partial charge in [-0.3, -0.25) is 0 Å². The molecule has 0 aromatic carbocycles. The second-order valence-electron chi connectivity index (χ2n) is 3.57. The van der Waals surface area contributed by atoms with Gasteiger partial charge in [-0.05, 0) is 27.3 Å². The van der Waals surface area contributed by atoms with E-state index in [1.54, 1.807) is 0 Å². The molecule has 14 heavy (non-hydrogen) atoms. The van der Waals surface area contributed by atoms with Crippen molar-refractivity contribution in [3.63, 3.8) is 0 Å². The number of aromatic nitrogens is 2. The first kappa shape index (κ1) is 11.2. The lowest BCUT2D eigenvalue weighted by molar-refractivity contribution is 0.237. The molecule has 0 radical (unpaired) electrons. The number of hydrogen-bond acceptors (Lipinski definition) is 3. The van der Waals surface area contributed by atoms with E-state index in [1.807, 2.05) is 20.3 Å². The summed E-state index contributed by atoms with van der Waals surface area (Å²) in [6, 6.07) is 0.178. The summed E-state index contributed by atoms with van der Waals surface area (Å²) < 4.78 is 2.12. The third-order valence-corrected chi connectivity index (χ3v) is 2.69. The molecule has 1 unspecified atom stereocenters. The summed E-state index contributed by atoms with van der Waals surface area (Å²) in [5.74, 6) is 0. The normalized spacial score (nSPS) is 13.1. The molecule has 0 aliphatic carbocycles. The SMILES string of the molecule is CNC(CO)CCn1cnc(C)c1C. The van der Waals surface area contributed by atoms with Gasteiger partial charge in [0.25, 0.3) is 0 Å². The van der Waals surface area contributed by atoms with Crippen molar-refractivity contribution >= 4 is 0 Å². The first-order valence-electron chi connectivity index (χ1n) is 4.95. The van der Waals surface area contributed by atoms with Gasteiger partial charge in [-0.1, -0.05) is 0 Å². The standard InChI is InChI=1S/C10H19N3O/c1-8-9(2)13(7-12-8)5-4-10(6-14)11-3/h7,10-11,14H,4-6H2,1-3H3. The summed E-state index contributed by atoms with van der Waals surface area (Å²) in [5, 5.41) is 12.1. The molecule has 4 nitrogen and oxygen atoms in total. The Hall–Kier alpha value is -0.870. The molecular weight excluding hydrogens is 178 g/mol. The summed E-state index contributed by atoms with van der Waals surface area (Å²) in [6.07, 6.45) is 2.78. The van der Waals surface area contributed by atoms with Crippen LogP contribution >= 0.6 is 0 Å². The summed E-state index contributed by atoms with van der Waals surface area (Å²) in [4.78, 5) is 4.23. The zero-order chi connectivity index (χ0) is 10.6. The number of aliphatic hydroxyl groups excluding tert-OH is 1. The summed E-state index contributed by atoms with van der Waals surface area (Å²) in [5.41, 5.74) is 2.28. The van der Waals surface area contributed by atoms with E-state index in [0.29, 0.717) is 0 Å². The molecule has 0 fully saturated rings. The molecule has 4 heteroatoms. The molecule has 1 heterocycles. The van der Waals surface area contributed by atoms with Crippen LogP contribution < -0.4 is 5.32 Å². The zero-order valence-electron chi connectivity index (χ0n) is 9.12. The van der Waals surface area contributed by atoms with E-state index >= 15 is 0 Å². The molecular formula is C10H19N3O. The maximum absolute atomic E-state index is 8.99. The fourth-order valence-corrected chi connectivity index (χ4v) is 1.39. The predicted octanol–water partition coefficient (Wildman–Crippen LogP) is 0.470. The van der Waals surface area contributed by atoms with Crippen LogP contribution in [0.2, 0.25) is 0 Å². The average molecular weight is 197 g/mol. The maximum Gasteiger partial charge on any atom is 0.0951 e. The number of likely N-dealkylation sites (N-methyl/N-ethyl adjacent to an activating group) is 1. The Morgan fingerprint density at radius 2 is 2.29 bits per heavy atom. The van der Waals surface area contributed by atoms with Crippen molar-refractivity contribution in [1.82, 2.24) is 14.9 Å². The van der Waals surface area contributed by atoms with E-state index < -0.39 is 0 Å². The Balaban J connectivity index is 2.49. The van der Waals surface area contributed by atoms with Gasteiger partial charge in [0.2, 0.25) is 0 Å². The number of nitrogens with one attached hydrogen (secondary N) is 1. The molecule has 0 saturated carbocycles. The molecule has 1 atom stereocenters. The number of aryl methyl sites for hydroxylation is 2. The van der Waals surface area contributed by atoms with Crippen molar-refractivity contribution in [2.75, 3.05) is 13.7 Å². The maximum atomic E-state index is 8.99. The second kappa shape index (κ2) is 5.12. The monoisotopic (exact) mass is 197 g/mol. The number of imidazole rings is 1. The minimum Gasteiger partial charge on any atom is -0.395 e. The molecule has 1 rings (SSSR count).